The first-order valence-electron chi connectivity index (χ1n) is 6.06. The fraction of sp³-hybridized carbons (Fsp3) is 0.429. The van der Waals surface area contributed by atoms with E-state index in [2.05, 4.69) is 0 Å². The molecule has 0 fully saturated rings. The van der Waals surface area contributed by atoms with Gasteiger partial charge in [0.1, 0.15) is 0 Å². The van der Waals surface area contributed by atoms with E-state index in [0.29, 0.717) is 16.0 Å². The number of hydrogen-bond donors (Lipinski definition) is 0. The molecule has 0 spiro atoms. The number of thiophene rings is 1. The summed E-state index contributed by atoms with van der Waals surface area (Å²) in [6.07, 6.45) is 2.28. The van der Waals surface area contributed by atoms with Crippen molar-refractivity contribution in [3.63, 3.8) is 0 Å². The van der Waals surface area contributed by atoms with E-state index in [4.69, 9.17) is 0 Å². The van der Waals surface area contributed by atoms with E-state index < -0.39 is 16.0 Å². The minimum absolute atomic E-state index is 0.452. The molecule has 0 amide bonds. The number of rotatable bonds is 3. The lowest BCUT2D eigenvalue weighted by molar-refractivity contribution is -0.0867. The van der Waals surface area contributed by atoms with Crippen molar-refractivity contribution in [2.24, 2.45) is 0 Å². The predicted molar refractivity (Wildman–Crippen MR) is 71.1 cm³/mol. The van der Waals surface area contributed by atoms with Crippen LogP contribution >= 0.6 is 10.5 Å². The van der Waals surface area contributed by atoms with Gasteiger partial charge in [-0.2, -0.15) is 0 Å². The van der Waals surface area contributed by atoms with Gasteiger partial charge in [-0.05, 0) is 25.0 Å². The molecule has 1 heterocycles. The molecule has 98 valence electrons. The van der Waals surface area contributed by atoms with Gasteiger partial charge in [-0.25, -0.2) is 0 Å². The summed E-state index contributed by atoms with van der Waals surface area (Å²) in [5.74, 6) is 0. The van der Waals surface area contributed by atoms with Gasteiger partial charge < -0.3 is 0 Å². The zero-order valence-electron chi connectivity index (χ0n) is 10.5. The summed E-state index contributed by atoms with van der Waals surface area (Å²) in [7, 11) is -1.71. The summed E-state index contributed by atoms with van der Waals surface area (Å²) < 4.78 is 40.1. The molecule has 0 bridgehead atoms. The molecule has 0 aliphatic heterocycles. The summed E-state index contributed by atoms with van der Waals surface area (Å²) in [6, 6.07) is 7.09. The van der Waals surface area contributed by atoms with Crippen LogP contribution in [0.15, 0.2) is 24.3 Å². The molecule has 0 nitrogen and oxygen atoms in total. The van der Waals surface area contributed by atoms with Gasteiger partial charge >= 0.3 is 5.51 Å². The van der Waals surface area contributed by atoms with E-state index in [1.165, 1.54) is 0 Å². The van der Waals surface area contributed by atoms with Gasteiger partial charge in [0.25, 0.3) is 0 Å². The Hall–Kier alpha value is -1.03. The molecule has 0 saturated carbocycles. The molecule has 1 atom stereocenters. The van der Waals surface area contributed by atoms with Crippen LogP contribution in [-0.4, -0.2) is 0 Å². The summed E-state index contributed by atoms with van der Waals surface area (Å²) in [5.41, 5.74) is -3.26. The lowest BCUT2D eigenvalue weighted by atomic mass is 10.1. The Bertz CT molecular complexity index is 552. The fourth-order valence-corrected chi connectivity index (χ4v) is 4.20. The van der Waals surface area contributed by atoms with Gasteiger partial charge in [0, 0.05) is 23.9 Å². The zero-order valence-corrected chi connectivity index (χ0v) is 11.3. The van der Waals surface area contributed by atoms with E-state index in [1.807, 2.05) is 19.9 Å². The van der Waals surface area contributed by atoms with Crippen molar-refractivity contribution < 1.29 is 13.2 Å². The average Bonchev–Trinajstić information content (AvgIpc) is 2.63. The Morgan fingerprint density at radius 3 is 2.50 bits per heavy atom. The maximum atomic E-state index is 13.2. The van der Waals surface area contributed by atoms with E-state index in [-0.39, 0.29) is 0 Å². The highest BCUT2D eigenvalue weighted by molar-refractivity contribution is 7.38. The second kappa shape index (κ2) is 4.92. The minimum atomic E-state index is -4.15. The van der Waals surface area contributed by atoms with Crippen molar-refractivity contribution in [3.05, 3.63) is 34.7 Å². The summed E-state index contributed by atoms with van der Waals surface area (Å²) in [5, 5.41) is 0.743. The molecule has 2 rings (SSSR count). The first-order chi connectivity index (χ1) is 8.43. The number of fused-ring (bicyclic) bond motifs is 1. The molecule has 2 aromatic rings. The Labute approximate surface area is 107 Å². The van der Waals surface area contributed by atoms with Gasteiger partial charge in [0.15, 0.2) is 9.58 Å². The molecular formula is C14H16F3S+. The quantitative estimate of drug-likeness (QED) is 0.628. The van der Waals surface area contributed by atoms with Crippen LogP contribution in [0.2, 0.25) is 0 Å². The average molecular weight is 273 g/mol. The molecule has 1 unspecified atom stereocenters. The minimum Gasteiger partial charge on any atom is -0.118 e. The standard InChI is InChI=1S/C14H16F3S/c1-3-4-5-12-9-11-7-6-10(2)8-13(11)18(12)14(15,16)17/h6-9H,3-5H2,1-2H3/q+1. The van der Waals surface area contributed by atoms with Crippen LogP contribution in [-0.2, 0) is 11.9 Å². The monoisotopic (exact) mass is 273 g/mol. The highest BCUT2D eigenvalue weighted by atomic mass is 32.2. The summed E-state index contributed by atoms with van der Waals surface area (Å²) in [4.78, 5) is 0.546. The fourth-order valence-electron chi connectivity index (χ4n) is 2.11. The molecule has 18 heavy (non-hydrogen) atoms. The maximum Gasteiger partial charge on any atom is 0.600 e. The molecular weight excluding hydrogens is 257 g/mol. The van der Waals surface area contributed by atoms with Gasteiger partial charge in [-0.3, -0.25) is 0 Å². The van der Waals surface area contributed by atoms with Crippen LogP contribution in [0.4, 0.5) is 13.2 Å². The van der Waals surface area contributed by atoms with E-state index in [0.717, 1.165) is 23.8 Å². The van der Waals surface area contributed by atoms with Gasteiger partial charge in [0.2, 0.25) is 0 Å². The Balaban J connectivity index is 2.62. The molecule has 0 N–H and O–H groups in total. The number of alkyl halides is 3. The maximum absolute atomic E-state index is 13.2. The van der Waals surface area contributed by atoms with Crippen LogP contribution in [0.3, 0.4) is 0 Å². The third kappa shape index (κ3) is 2.53. The Kier molecular flexibility index (Phi) is 3.66. The third-order valence-electron chi connectivity index (χ3n) is 2.98. The molecule has 1 aromatic heterocycles. The van der Waals surface area contributed by atoms with E-state index >= 15 is 0 Å². The number of aryl methyl sites for hydroxylation is 2. The molecule has 1 aromatic carbocycles. The molecule has 0 radical (unpaired) electrons. The van der Waals surface area contributed by atoms with Crippen molar-refractivity contribution in [1.29, 1.82) is 0 Å². The number of unbranched alkanes of at least 4 members (excludes halogenated alkanes) is 1. The topological polar surface area (TPSA) is 0 Å². The molecule has 0 aliphatic carbocycles. The van der Waals surface area contributed by atoms with Crippen LogP contribution < -0.4 is 0 Å². The normalized spacial score (nSPS) is 13.3. The predicted octanol–water partition coefficient (Wildman–Crippen LogP) is 5.72. The highest BCUT2D eigenvalue weighted by Crippen LogP contribution is 2.51. The van der Waals surface area contributed by atoms with Crippen molar-refractivity contribution in [1.82, 2.24) is 0 Å². The Morgan fingerprint density at radius 1 is 1.17 bits per heavy atom. The number of hydrogen-bond acceptors (Lipinski definition) is 0. The SMILES string of the molecule is CCCCc1cc2ccc(C)cc2[s+]1C(F)(F)F. The first-order valence-corrected chi connectivity index (χ1v) is 7.28. The molecule has 0 aliphatic rings. The van der Waals surface area contributed by atoms with Crippen molar-refractivity contribution in [2.75, 3.05) is 0 Å². The second-order valence-electron chi connectivity index (χ2n) is 4.51. The van der Waals surface area contributed by atoms with Gasteiger partial charge in [-0.15, -0.1) is 13.2 Å². The smallest absolute Gasteiger partial charge is 0.118 e. The van der Waals surface area contributed by atoms with E-state index in [9.17, 15) is 13.2 Å². The molecule has 0 saturated heterocycles. The number of halogens is 3. The highest BCUT2D eigenvalue weighted by Gasteiger charge is 2.47. The van der Waals surface area contributed by atoms with Gasteiger partial charge in [-0.1, -0.05) is 19.4 Å². The zero-order chi connectivity index (χ0) is 13.3. The molecule has 4 heteroatoms. The van der Waals surface area contributed by atoms with Crippen molar-refractivity contribution >= 4 is 20.6 Å². The third-order valence-corrected chi connectivity index (χ3v) is 5.08. The summed E-state index contributed by atoms with van der Waals surface area (Å²) in [6.45, 7) is 3.83. The summed E-state index contributed by atoms with van der Waals surface area (Å²) >= 11 is 0. The van der Waals surface area contributed by atoms with Gasteiger partial charge in [0.05, 0.1) is 10.5 Å². The van der Waals surface area contributed by atoms with E-state index in [1.54, 1.807) is 18.2 Å². The van der Waals surface area contributed by atoms with Crippen molar-refractivity contribution in [2.45, 2.75) is 38.6 Å². The first kappa shape index (κ1) is 13.4. The van der Waals surface area contributed by atoms with Crippen LogP contribution in [0.5, 0.6) is 0 Å². The largest absolute Gasteiger partial charge is 0.600 e. The Morgan fingerprint density at radius 2 is 1.89 bits per heavy atom. The van der Waals surface area contributed by atoms with Crippen LogP contribution in [0.25, 0.3) is 10.1 Å². The number of benzene rings is 1. The van der Waals surface area contributed by atoms with Crippen LogP contribution in [0.1, 0.15) is 30.2 Å². The lowest BCUT2D eigenvalue weighted by Crippen LogP contribution is -1.98. The van der Waals surface area contributed by atoms with Crippen molar-refractivity contribution in [3.8, 4) is 0 Å². The second-order valence-corrected chi connectivity index (χ2v) is 6.55. The van der Waals surface area contributed by atoms with Crippen LogP contribution in [0, 0.1) is 6.92 Å². The lowest BCUT2D eigenvalue weighted by Gasteiger charge is -2.00.